The van der Waals surface area contributed by atoms with E-state index in [9.17, 15) is 14.0 Å². The molecule has 0 saturated heterocycles. The zero-order valence-electron chi connectivity index (χ0n) is 16.0. The fraction of sp³-hybridized carbons (Fsp3) is 0.0833. The first-order chi connectivity index (χ1) is 14.0. The van der Waals surface area contributed by atoms with Crippen molar-refractivity contribution in [2.24, 2.45) is 0 Å². The lowest BCUT2D eigenvalue weighted by Gasteiger charge is -2.16. The molecule has 5 heteroatoms. The zero-order valence-corrected chi connectivity index (χ0v) is 16.8. The molecular weight excluding hydrogens is 385 g/mol. The maximum Gasteiger partial charge on any atom is 0.273 e. The number of anilines is 1. The molecule has 2 amide bonds. The summed E-state index contributed by atoms with van der Waals surface area (Å²) >= 11 is 1.23. The number of nitrogens with zero attached hydrogens (tertiary/aromatic N) is 1. The molecule has 0 aliphatic carbocycles. The summed E-state index contributed by atoms with van der Waals surface area (Å²) in [5.74, 6) is -1.63. The van der Waals surface area contributed by atoms with Crippen LogP contribution in [0.3, 0.4) is 0 Å². The van der Waals surface area contributed by atoms with Gasteiger partial charge in [0, 0.05) is 4.90 Å². The van der Waals surface area contributed by atoms with E-state index >= 15 is 0 Å². The van der Waals surface area contributed by atoms with Crippen molar-refractivity contribution in [1.29, 1.82) is 0 Å². The van der Waals surface area contributed by atoms with E-state index in [0.717, 1.165) is 20.9 Å². The quantitative estimate of drug-likeness (QED) is 0.538. The van der Waals surface area contributed by atoms with E-state index in [2.05, 4.69) is 0 Å². The average Bonchev–Trinajstić information content (AvgIpc) is 2.93. The molecule has 0 N–H and O–H groups in total. The number of amides is 2. The number of carbonyl (C=O) groups is 2. The summed E-state index contributed by atoms with van der Waals surface area (Å²) in [5.41, 5.74) is 2.92. The number of halogens is 1. The number of benzene rings is 3. The van der Waals surface area contributed by atoms with Crippen molar-refractivity contribution >= 4 is 34.8 Å². The second-order valence-corrected chi connectivity index (χ2v) is 7.92. The standard InChI is InChI=1S/C24H18FNO2S/c1-15-12-13-18(16(2)14-15)21-22(29-17-8-4-3-5-9-17)24(28)26(23(21)27)20-11-7-6-10-19(20)25/h3-14H,1-2H3. The van der Waals surface area contributed by atoms with Crippen molar-refractivity contribution in [3.63, 3.8) is 0 Å². The summed E-state index contributed by atoms with van der Waals surface area (Å²) in [4.78, 5) is 28.7. The van der Waals surface area contributed by atoms with E-state index in [1.165, 1.54) is 30.0 Å². The third-order valence-electron chi connectivity index (χ3n) is 4.75. The summed E-state index contributed by atoms with van der Waals surface area (Å²) in [6.45, 7) is 3.88. The van der Waals surface area contributed by atoms with Gasteiger partial charge in [-0.2, -0.15) is 0 Å². The molecule has 3 aromatic rings. The van der Waals surface area contributed by atoms with Crippen molar-refractivity contribution in [3.8, 4) is 0 Å². The van der Waals surface area contributed by atoms with Crippen molar-refractivity contribution in [3.05, 3.63) is 100 Å². The molecule has 3 aromatic carbocycles. The fourth-order valence-corrected chi connectivity index (χ4v) is 4.40. The third-order valence-corrected chi connectivity index (χ3v) is 5.84. The number of rotatable bonds is 4. The minimum absolute atomic E-state index is 0.0339. The molecule has 29 heavy (non-hydrogen) atoms. The largest absolute Gasteiger partial charge is 0.273 e. The molecule has 1 aliphatic heterocycles. The first-order valence-corrected chi connectivity index (χ1v) is 9.97. The van der Waals surface area contributed by atoms with Gasteiger partial charge in [-0.05, 0) is 49.2 Å². The predicted molar refractivity (Wildman–Crippen MR) is 114 cm³/mol. The molecule has 0 saturated carbocycles. The van der Waals surface area contributed by atoms with Crippen LogP contribution in [0.1, 0.15) is 16.7 Å². The Bertz CT molecular complexity index is 1150. The Balaban J connectivity index is 1.88. The normalized spacial score (nSPS) is 14.1. The predicted octanol–water partition coefficient (Wildman–Crippen LogP) is 5.52. The first kappa shape index (κ1) is 19.2. The minimum Gasteiger partial charge on any atom is -0.268 e. The highest BCUT2D eigenvalue weighted by Crippen LogP contribution is 2.42. The topological polar surface area (TPSA) is 37.4 Å². The van der Waals surface area contributed by atoms with Crippen LogP contribution in [0.5, 0.6) is 0 Å². The van der Waals surface area contributed by atoms with Crippen molar-refractivity contribution < 1.29 is 14.0 Å². The molecule has 1 heterocycles. The van der Waals surface area contributed by atoms with Crippen LogP contribution in [0.25, 0.3) is 5.57 Å². The monoisotopic (exact) mass is 403 g/mol. The van der Waals surface area contributed by atoms with Crippen LogP contribution < -0.4 is 4.90 Å². The summed E-state index contributed by atoms with van der Waals surface area (Å²) < 4.78 is 14.4. The van der Waals surface area contributed by atoms with Gasteiger partial charge in [-0.3, -0.25) is 9.59 Å². The highest BCUT2D eigenvalue weighted by atomic mass is 32.2. The number of aryl methyl sites for hydroxylation is 2. The maximum absolute atomic E-state index is 14.4. The Morgan fingerprint density at radius 2 is 1.52 bits per heavy atom. The van der Waals surface area contributed by atoms with Gasteiger partial charge in [0.05, 0.1) is 16.2 Å². The number of carbonyl (C=O) groups excluding carboxylic acids is 2. The fourth-order valence-electron chi connectivity index (χ4n) is 3.39. The number of imide groups is 1. The van der Waals surface area contributed by atoms with Crippen LogP contribution in [-0.2, 0) is 9.59 Å². The van der Waals surface area contributed by atoms with E-state index in [1.807, 2.05) is 62.4 Å². The van der Waals surface area contributed by atoms with Gasteiger partial charge in [-0.25, -0.2) is 9.29 Å². The van der Waals surface area contributed by atoms with Gasteiger partial charge in [0.1, 0.15) is 5.82 Å². The van der Waals surface area contributed by atoms with E-state index in [4.69, 9.17) is 0 Å². The van der Waals surface area contributed by atoms with Gasteiger partial charge in [0.25, 0.3) is 11.8 Å². The molecule has 0 spiro atoms. The minimum atomic E-state index is -0.611. The Labute approximate surface area is 172 Å². The summed E-state index contributed by atoms with van der Waals surface area (Å²) in [5, 5.41) is 0. The average molecular weight is 403 g/mol. The van der Waals surface area contributed by atoms with Crippen molar-refractivity contribution in [2.45, 2.75) is 18.7 Å². The molecule has 0 radical (unpaired) electrons. The summed E-state index contributed by atoms with van der Waals surface area (Å²) in [6, 6.07) is 20.9. The van der Waals surface area contributed by atoms with E-state index in [1.54, 1.807) is 6.07 Å². The van der Waals surface area contributed by atoms with Gasteiger partial charge in [-0.1, -0.05) is 65.9 Å². The van der Waals surface area contributed by atoms with Crippen LogP contribution >= 0.6 is 11.8 Å². The molecule has 0 fully saturated rings. The van der Waals surface area contributed by atoms with Crippen LogP contribution in [0.2, 0.25) is 0 Å². The molecule has 1 aliphatic rings. The summed E-state index contributed by atoms with van der Waals surface area (Å²) in [6.07, 6.45) is 0. The Morgan fingerprint density at radius 3 is 2.21 bits per heavy atom. The van der Waals surface area contributed by atoms with Crippen LogP contribution in [0.4, 0.5) is 10.1 Å². The maximum atomic E-state index is 14.4. The molecule has 0 aromatic heterocycles. The Morgan fingerprint density at radius 1 is 0.828 bits per heavy atom. The molecule has 3 nitrogen and oxygen atoms in total. The van der Waals surface area contributed by atoms with Crippen LogP contribution in [0, 0.1) is 19.7 Å². The highest BCUT2D eigenvalue weighted by molar-refractivity contribution is 8.04. The smallest absolute Gasteiger partial charge is 0.268 e. The number of hydrogen-bond acceptors (Lipinski definition) is 3. The Kier molecular flexibility index (Phi) is 5.07. The van der Waals surface area contributed by atoms with Gasteiger partial charge < -0.3 is 0 Å². The lowest BCUT2D eigenvalue weighted by molar-refractivity contribution is -0.119. The second kappa shape index (κ2) is 7.68. The molecule has 0 unspecified atom stereocenters. The summed E-state index contributed by atoms with van der Waals surface area (Å²) in [7, 11) is 0. The zero-order chi connectivity index (χ0) is 20.5. The van der Waals surface area contributed by atoms with Crippen LogP contribution in [-0.4, -0.2) is 11.8 Å². The first-order valence-electron chi connectivity index (χ1n) is 9.15. The SMILES string of the molecule is Cc1ccc(C2=C(Sc3ccccc3)C(=O)N(c3ccccc3F)C2=O)c(C)c1. The molecule has 0 atom stereocenters. The van der Waals surface area contributed by atoms with Gasteiger partial charge in [0.15, 0.2) is 0 Å². The lowest BCUT2D eigenvalue weighted by atomic mass is 9.99. The van der Waals surface area contributed by atoms with Gasteiger partial charge in [-0.15, -0.1) is 0 Å². The number of para-hydroxylation sites is 1. The number of thioether (sulfide) groups is 1. The molecule has 4 rings (SSSR count). The van der Waals surface area contributed by atoms with Crippen molar-refractivity contribution in [1.82, 2.24) is 0 Å². The lowest BCUT2D eigenvalue weighted by Crippen LogP contribution is -2.32. The molecule has 144 valence electrons. The van der Waals surface area contributed by atoms with E-state index in [-0.39, 0.29) is 5.69 Å². The second-order valence-electron chi connectivity index (χ2n) is 6.83. The van der Waals surface area contributed by atoms with Gasteiger partial charge in [0.2, 0.25) is 0 Å². The molecular formula is C24H18FNO2S. The van der Waals surface area contributed by atoms with E-state index in [0.29, 0.717) is 16.0 Å². The third kappa shape index (κ3) is 3.49. The van der Waals surface area contributed by atoms with E-state index < -0.39 is 17.6 Å². The van der Waals surface area contributed by atoms with Gasteiger partial charge >= 0.3 is 0 Å². The Hall–Kier alpha value is -3.18. The number of hydrogen-bond donors (Lipinski definition) is 0. The van der Waals surface area contributed by atoms with Crippen molar-refractivity contribution in [2.75, 3.05) is 4.90 Å². The van der Waals surface area contributed by atoms with Crippen LogP contribution in [0.15, 0.2) is 82.6 Å². The highest BCUT2D eigenvalue weighted by Gasteiger charge is 2.41. The molecule has 0 bridgehead atoms.